The van der Waals surface area contributed by atoms with Crippen molar-refractivity contribution >= 4 is 6.09 Å². The molecule has 23 heavy (non-hydrogen) atoms. The summed E-state index contributed by atoms with van der Waals surface area (Å²) in [6, 6.07) is 4.98. The lowest BCUT2D eigenvalue weighted by molar-refractivity contribution is -0.00379. The van der Waals surface area contributed by atoms with Gasteiger partial charge in [0.2, 0.25) is 0 Å². The fourth-order valence-corrected chi connectivity index (χ4v) is 1.81. The number of phenolic OH excluding ortho intramolecular Hbond substituents is 1. The van der Waals surface area contributed by atoms with Crippen LogP contribution in [0.4, 0.5) is 13.6 Å². The van der Waals surface area contributed by atoms with Crippen LogP contribution in [-0.2, 0) is 11.3 Å². The maximum Gasteiger partial charge on any atom is 0.407 e. The summed E-state index contributed by atoms with van der Waals surface area (Å²) in [6.45, 7) is 5.46. The van der Waals surface area contributed by atoms with Crippen molar-refractivity contribution in [3.05, 3.63) is 29.3 Å². The van der Waals surface area contributed by atoms with E-state index in [2.05, 4.69) is 5.32 Å². The first kappa shape index (κ1) is 19.2. The number of hydrogen-bond acceptors (Lipinski definition) is 4. The highest BCUT2D eigenvalue weighted by Crippen LogP contribution is 2.18. The predicted octanol–water partition coefficient (Wildman–Crippen LogP) is 2.95. The van der Waals surface area contributed by atoms with Crippen LogP contribution in [0.1, 0.15) is 31.9 Å². The van der Waals surface area contributed by atoms with Crippen molar-refractivity contribution in [1.29, 1.82) is 0 Å². The minimum Gasteiger partial charge on any atom is -0.508 e. The van der Waals surface area contributed by atoms with Gasteiger partial charge in [-0.15, -0.1) is 0 Å². The topological polar surface area (TPSA) is 70.6 Å². The molecule has 3 N–H and O–H groups in total. The number of alkyl halides is 2. The van der Waals surface area contributed by atoms with Crippen molar-refractivity contribution in [3.63, 3.8) is 0 Å². The summed E-state index contributed by atoms with van der Waals surface area (Å²) in [7, 11) is 0. The first-order valence-corrected chi connectivity index (χ1v) is 7.32. The number of phenols is 1. The van der Waals surface area contributed by atoms with Crippen molar-refractivity contribution in [2.45, 2.75) is 45.8 Å². The molecule has 0 saturated heterocycles. The highest BCUT2D eigenvalue weighted by molar-refractivity contribution is 5.67. The number of benzene rings is 1. The number of aryl methyl sites for hydroxylation is 1. The Kier molecular flexibility index (Phi) is 6.32. The van der Waals surface area contributed by atoms with Crippen molar-refractivity contribution in [2.75, 3.05) is 13.1 Å². The Morgan fingerprint density at radius 2 is 1.91 bits per heavy atom. The second-order valence-corrected chi connectivity index (χ2v) is 6.45. The summed E-state index contributed by atoms with van der Waals surface area (Å²) in [4.78, 5) is 11.4. The molecule has 130 valence electrons. The zero-order valence-corrected chi connectivity index (χ0v) is 13.9. The standard InChI is InChI=1S/C16H24F2N2O3/c1-11-5-6-13(21)12(7-11)8-19-9-16(17,18)10-20-14(22)23-15(2,3)4/h5-7,19,21H,8-10H2,1-4H3,(H,20,22). The second-order valence-electron chi connectivity index (χ2n) is 6.45. The maximum absolute atomic E-state index is 13.7. The van der Waals surface area contributed by atoms with E-state index in [1.54, 1.807) is 32.9 Å². The zero-order valence-electron chi connectivity index (χ0n) is 13.9. The number of rotatable bonds is 6. The van der Waals surface area contributed by atoms with Gasteiger partial charge in [-0.25, -0.2) is 13.6 Å². The number of carbonyl (C=O) groups excluding carboxylic acids is 1. The van der Waals surface area contributed by atoms with Gasteiger partial charge in [-0.1, -0.05) is 17.7 Å². The van der Waals surface area contributed by atoms with Crippen LogP contribution in [0.3, 0.4) is 0 Å². The molecule has 1 aromatic rings. The van der Waals surface area contributed by atoms with Gasteiger partial charge in [-0.2, -0.15) is 0 Å². The minimum absolute atomic E-state index is 0.0540. The molecule has 1 rings (SSSR count). The highest BCUT2D eigenvalue weighted by atomic mass is 19.3. The molecule has 1 amide bonds. The summed E-state index contributed by atoms with van der Waals surface area (Å²) >= 11 is 0. The summed E-state index contributed by atoms with van der Waals surface area (Å²) in [5, 5.41) is 14.3. The molecule has 0 aliphatic rings. The third-order valence-electron chi connectivity index (χ3n) is 2.82. The smallest absolute Gasteiger partial charge is 0.407 e. The van der Waals surface area contributed by atoms with Gasteiger partial charge in [-0.05, 0) is 33.8 Å². The van der Waals surface area contributed by atoms with E-state index in [4.69, 9.17) is 4.74 Å². The normalized spacial score (nSPS) is 12.1. The largest absolute Gasteiger partial charge is 0.508 e. The zero-order chi connectivity index (χ0) is 17.7. The number of alkyl carbamates (subject to hydrolysis) is 1. The molecular formula is C16H24F2N2O3. The molecule has 0 aliphatic carbocycles. The molecule has 7 heteroatoms. The van der Waals surface area contributed by atoms with Crippen molar-refractivity contribution < 1.29 is 23.4 Å². The number of nitrogens with one attached hydrogen (secondary N) is 2. The lowest BCUT2D eigenvalue weighted by Gasteiger charge is -2.22. The van der Waals surface area contributed by atoms with Crippen LogP contribution in [-0.4, -0.2) is 35.8 Å². The van der Waals surface area contributed by atoms with Crippen LogP contribution in [0.5, 0.6) is 5.75 Å². The molecule has 0 heterocycles. The fraction of sp³-hybridized carbons (Fsp3) is 0.562. The molecule has 0 atom stereocenters. The van der Waals surface area contributed by atoms with Crippen molar-refractivity contribution in [1.82, 2.24) is 10.6 Å². The molecule has 0 radical (unpaired) electrons. The van der Waals surface area contributed by atoms with Crippen LogP contribution < -0.4 is 10.6 Å². The number of amides is 1. The third-order valence-corrected chi connectivity index (χ3v) is 2.82. The fourth-order valence-electron chi connectivity index (χ4n) is 1.81. The van der Waals surface area contributed by atoms with Gasteiger partial charge in [0.15, 0.2) is 0 Å². The van der Waals surface area contributed by atoms with Gasteiger partial charge in [0.25, 0.3) is 5.92 Å². The molecule has 0 spiro atoms. The van der Waals surface area contributed by atoms with E-state index in [9.17, 15) is 18.7 Å². The quantitative estimate of drug-likeness (QED) is 0.750. The maximum atomic E-state index is 13.7. The number of carbonyl (C=O) groups is 1. The lowest BCUT2D eigenvalue weighted by Crippen LogP contribution is -2.44. The predicted molar refractivity (Wildman–Crippen MR) is 83.7 cm³/mol. The van der Waals surface area contributed by atoms with Crippen LogP contribution in [0.2, 0.25) is 0 Å². The van der Waals surface area contributed by atoms with Gasteiger partial charge >= 0.3 is 6.09 Å². The third kappa shape index (κ3) is 7.78. The summed E-state index contributed by atoms with van der Waals surface area (Å²) < 4.78 is 32.3. The summed E-state index contributed by atoms with van der Waals surface area (Å²) in [5.74, 6) is -3.07. The van der Waals surface area contributed by atoms with E-state index >= 15 is 0 Å². The Bertz CT molecular complexity index is 543. The van der Waals surface area contributed by atoms with E-state index in [1.165, 1.54) is 6.07 Å². The van der Waals surface area contributed by atoms with Gasteiger partial charge in [0.1, 0.15) is 11.4 Å². The van der Waals surface area contributed by atoms with E-state index in [0.717, 1.165) is 5.56 Å². The number of halogens is 2. The molecule has 0 aromatic heterocycles. The van der Waals surface area contributed by atoms with Gasteiger partial charge < -0.3 is 20.5 Å². The number of ether oxygens (including phenoxy) is 1. The Balaban J connectivity index is 2.40. The monoisotopic (exact) mass is 330 g/mol. The number of aromatic hydroxyl groups is 1. The minimum atomic E-state index is -3.13. The Morgan fingerprint density at radius 3 is 2.52 bits per heavy atom. The van der Waals surface area contributed by atoms with Gasteiger partial charge in [0.05, 0.1) is 13.1 Å². The molecule has 0 bridgehead atoms. The van der Waals surface area contributed by atoms with Crippen molar-refractivity contribution in [3.8, 4) is 5.75 Å². The van der Waals surface area contributed by atoms with Crippen LogP contribution in [0.15, 0.2) is 18.2 Å². The average molecular weight is 330 g/mol. The molecule has 1 aromatic carbocycles. The highest BCUT2D eigenvalue weighted by Gasteiger charge is 2.30. The lowest BCUT2D eigenvalue weighted by atomic mass is 10.1. The number of hydrogen-bond donors (Lipinski definition) is 3. The van der Waals surface area contributed by atoms with E-state index in [1.807, 2.05) is 12.2 Å². The van der Waals surface area contributed by atoms with Gasteiger partial charge in [-0.3, -0.25) is 0 Å². The van der Waals surface area contributed by atoms with Crippen LogP contribution in [0.25, 0.3) is 0 Å². The molecular weight excluding hydrogens is 306 g/mol. The first-order valence-electron chi connectivity index (χ1n) is 7.32. The second kappa shape index (κ2) is 7.59. The first-order chi connectivity index (χ1) is 10.5. The molecule has 0 unspecified atom stereocenters. The van der Waals surface area contributed by atoms with E-state index in [0.29, 0.717) is 5.56 Å². The van der Waals surface area contributed by atoms with Gasteiger partial charge in [0, 0.05) is 12.1 Å². The Labute approximate surface area is 135 Å². The molecule has 0 aliphatic heterocycles. The van der Waals surface area contributed by atoms with E-state index < -0.39 is 30.7 Å². The summed E-state index contributed by atoms with van der Waals surface area (Å²) in [6.07, 6.45) is -0.881. The SMILES string of the molecule is Cc1ccc(O)c(CNCC(F)(F)CNC(=O)OC(C)(C)C)c1. The van der Waals surface area contributed by atoms with Crippen LogP contribution in [0, 0.1) is 6.92 Å². The Hall–Kier alpha value is -1.89. The molecule has 0 saturated carbocycles. The average Bonchev–Trinajstić information content (AvgIpc) is 2.39. The van der Waals surface area contributed by atoms with E-state index in [-0.39, 0.29) is 12.3 Å². The summed E-state index contributed by atoms with van der Waals surface area (Å²) in [5.41, 5.74) is 0.735. The Morgan fingerprint density at radius 1 is 1.26 bits per heavy atom. The van der Waals surface area contributed by atoms with Crippen molar-refractivity contribution in [2.24, 2.45) is 0 Å². The molecule has 5 nitrogen and oxygen atoms in total. The molecule has 0 fully saturated rings. The van der Waals surface area contributed by atoms with Crippen LogP contribution >= 0.6 is 0 Å².